The summed E-state index contributed by atoms with van der Waals surface area (Å²) >= 11 is 0. The van der Waals surface area contributed by atoms with E-state index in [4.69, 9.17) is 4.89 Å². The second kappa shape index (κ2) is 7.47. The summed E-state index contributed by atoms with van der Waals surface area (Å²) in [6.45, 7) is 2.34. The van der Waals surface area contributed by atoms with E-state index in [1.807, 2.05) is 0 Å². The van der Waals surface area contributed by atoms with Crippen LogP contribution in [0.3, 0.4) is 0 Å². The molecule has 0 fully saturated rings. The molecule has 0 aliphatic heterocycles. The molecule has 0 aromatic rings. The van der Waals surface area contributed by atoms with Crippen LogP contribution in [0.25, 0.3) is 0 Å². The lowest BCUT2D eigenvalue weighted by Gasteiger charge is -2.07. The van der Waals surface area contributed by atoms with Crippen LogP contribution < -0.4 is 5.90 Å². The fourth-order valence-electron chi connectivity index (χ4n) is 0.916. The first-order valence-electron chi connectivity index (χ1n) is 4.48. The van der Waals surface area contributed by atoms with Crippen molar-refractivity contribution in [3.05, 3.63) is 0 Å². The molecule has 0 spiro atoms. The number of hydrogen-bond donors (Lipinski definition) is 2. The molecule has 0 saturated heterocycles. The minimum Gasteiger partial charge on any atom is -0.302 e. The first kappa shape index (κ1) is 13.1. The third-order valence-electron chi connectivity index (χ3n) is 1.64. The Balaban J connectivity index is 3.21. The Kier molecular flexibility index (Phi) is 7.51. The van der Waals surface area contributed by atoms with Gasteiger partial charge in [0.2, 0.25) is 0 Å². The van der Waals surface area contributed by atoms with Gasteiger partial charge in [0.05, 0.1) is 6.61 Å². The SMILES string of the molecule is CCCCCCCOP(=O)(O)ON. The van der Waals surface area contributed by atoms with Gasteiger partial charge >= 0.3 is 7.82 Å². The van der Waals surface area contributed by atoms with Crippen LogP contribution >= 0.6 is 7.82 Å². The van der Waals surface area contributed by atoms with Crippen LogP contribution in [0.5, 0.6) is 0 Å². The highest BCUT2D eigenvalue weighted by Gasteiger charge is 2.18. The summed E-state index contributed by atoms with van der Waals surface area (Å²) in [6.07, 6.45) is 5.24. The zero-order chi connectivity index (χ0) is 10.2. The van der Waals surface area contributed by atoms with Crippen LogP contribution in [0.1, 0.15) is 39.0 Å². The average Bonchev–Trinajstić information content (AvgIpc) is 2.11. The third-order valence-corrected chi connectivity index (χ3v) is 2.41. The molecule has 1 atom stereocenters. The van der Waals surface area contributed by atoms with Gasteiger partial charge in [-0.1, -0.05) is 32.6 Å². The number of phosphoric ester groups is 1. The average molecular weight is 211 g/mol. The highest BCUT2D eigenvalue weighted by Crippen LogP contribution is 2.40. The summed E-state index contributed by atoms with van der Waals surface area (Å²) in [5, 5.41) is 0. The Bertz CT molecular complexity index is 165. The molecule has 0 aliphatic rings. The fraction of sp³-hybridized carbons (Fsp3) is 1.00. The molecular weight excluding hydrogens is 193 g/mol. The highest BCUT2D eigenvalue weighted by atomic mass is 31.2. The smallest absolute Gasteiger partial charge is 0.302 e. The van der Waals surface area contributed by atoms with E-state index in [2.05, 4.69) is 22.0 Å². The van der Waals surface area contributed by atoms with E-state index in [9.17, 15) is 4.57 Å². The van der Waals surface area contributed by atoms with E-state index < -0.39 is 7.82 Å². The van der Waals surface area contributed by atoms with E-state index >= 15 is 0 Å². The van der Waals surface area contributed by atoms with Gasteiger partial charge in [0, 0.05) is 0 Å². The standard InChI is InChI=1S/C7H18NO4P/c1-2-3-4-5-6-7-11-13(9,10)12-8/h2-8H2,1H3,(H,9,10). The summed E-state index contributed by atoms with van der Waals surface area (Å²) in [7, 11) is -3.95. The summed E-state index contributed by atoms with van der Waals surface area (Å²) in [6, 6.07) is 0. The molecule has 3 N–H and O–H groups in total. The molecule has 0 amide bonds. The molecule has 0 heterocycles. The molecule has 6 heteroatoms. The monoisotopic (exact) mass is 211 g/mol. The number of rotatable bonds is 8. The Morgan fingerprint density at radius 1 is 1.31 bits per heavy atom. The van der Waals surface area contributed by atoms with Gasteiger partial charge < -0.3 is 4.89 Å². The summed E-state index contributed by atoms with van der Waals surface area (Å²) in [4.78, 5) is 8.71. The van der Waals surface area contributed by atoms with Crippen LogP contribution in [0.2, 0.25) is 0 Å². The van der Waals surface area contributed by atoms with E-state index in [0.29, 0.717) is 0 Å². The van der Waals surface area contributed by atoms with Gasteiger partial charge in [-0.2, -0.15) is 0 Å². The van der Waals surface area contributed by atoms with Gasteiger partial charge in [0.15, 0.2) is 0 Å². The number of hydrogen-bond acceptors (Lipinski definition) is 4. The summed E-state index contributed by atoms with van der Waals surface area (Å²) in [5.74, 6) is 4.53. The van der Waals surface area contributed by atoms with Crippen molar-refractivity contribution in [3.63, 3.8) is 0 Å². The first-order chi connectivity index (χ1) is 6.12. The summed E-state index contributed by atoms with van der Waals surface area (Å²) in [5.41, 5.74) is 0. The number of nitrogens with two attached hydrogens (primary N) is 1. The van der Waals surface area contributed by atoms with Crippen LogP contribution in [0, 0.1) is 0 Å². The van der Waals surface area contributed by atoms with Crippen molar-refractivity contribution < 1.29 is 18.6 Å². The van der Waals surface area contributed by atoms with Crippen LogP contribution in [0.4, 0.5) is 0 Å². The maximum atomic E-state index is 10.7. The van der Waals surface area contributed by atoms with Crippen molar-refractivity contribution >= 4 is 7.82 Å². The Morgan fingerprint density at radius 2 is 1.92 bits per heavy atom. The normalized spacial score (nSPS) is 15.6. The van der Waals surface area contributed by atoms with Crippen molar-refractivity contribution in [3.8, 4) is 0 Å². The molecule has 0 aromatic heterocycles. The first-order valence-corrected chi connectivity index (χ1v) is 5.97. The Labute approximate surface area is 78.8 Å². The second-order valence-electron chi connectivity index (χ2n) is 2.82. The lowest BCUT2D eigenvalue weighted by Crippen LogP contribution is -2.01. The van der Waals surface area contributed by atoms with Crippen molar-refractivity contribution in [1.29, 1.82) is 0 Å². The van der Waals surface area contributed by atoms with Crippen LogP contribution in [-0.2, 0) is 13.7 Å². The molecule has 13 heavy (non-hydrogen) atoms. The molecular formula is C7H18NO4P. The maximum absolute atomic E-state index is 10.7. The van der Waals surface area contributed by atoms with Gasteiger partial charge in [0.25, 0.3) is 0 Å². The highest BCUT2D eigenvalue weighted by molar-refractivity contribution is 7.47. The molecule has 0 bridgehead atoms. The van der Waals surface area contributed by atoms with E-state index in [1.165, 1.54) is 12.8 Å². The zero-order valence-electron chi connectivity index (χ0n) is 7.94. The van der Waals surface area contributed by atoms with Crippen molar-refractivity contribution in [1.82, 2.24) is 0 Å². The molecule has 0 aromatic carbocycles. The fourth-order valence-corrected chi connectivity index (χ4v) is 1.34. The second-order valence-corrected chi connectivity index (χ2v) is 4.23. The van der Waals surface area contributed by atoms with Gasteiger partial charge in [0.1, 0.15) is 0 Å². The molecule has 5 nitrogen and oxygen atoms in total. The third kappa shape index (κ3) is 8.40. The lowest BCUT2D eigenvalue weighted by molar-refractivity contribution is 0.149. The van der Waals surface area contributed by atoms with Crippen molar-refractivity contribution in [2.45, 2.75) is 39.0 Å². The largest absolute Gasteiger partial charge is 0.488 e. The number of phosphoric acid groups is 1. The van der Waals surface area contributed by atoms with Gasteiger partial charge in [-0.25, -0.2) is 15.1 Å². The van der Waals surface area contributed by atoms with Gasteiger partial charge in [-0.15, -0.1) is 0 Å². The molecule has 1 unspecified atom stereocenters. The Morgan fingerprint density at radius 3 is 2.46 bits per heavy atom. The van der Waals surface area contributed by atoms with Gasteiger partial charge in [-0.05, 0) is 6.42 Å². The van der Waals surface area contributed by atoms with Crippen LogP contribution in [-0.4, -0.2) is 11.5 Å². The van der Waals surface area contributed by atoms with Crippen molar-refractivity contribution in [2.75, 3.05) is 6.61 Å². The zero-order valence-corrected chi connectivity index (χ0v) is 8.83. The van der Waals surface area contributed by atoms with E-state index in [0.717, 1.165) is 19.3 Å². The van der Waals surface area contributed by atoms with E-state index in [1.54, 1.807) is 0 Å². The van der Waals surface area contributed by atoms with Gasteiger partial charge in [-0.3, -0.25) is 4.52 Å². The minimum absolute atomic E-state index is 0.217. The number of unbranched alkanes of at least 4 members (excludes halogenated alkanes) is 4. The molecule has 0 radical (unpaired) electrons. The predicted octanol–water partition coefficient (Wildman–Crippen LogP) is 1.96. The molecule has 0 aliphatic carbocycles. The summed E-state index contributed by atoms with van der Waals surface area (Å²) < 4.78 is 18.9. The van der Waals surface area contributed by atoms with Crippen LogP contribution in [0.15, 0.2) is 0 Å². The molecule has 0 rings (SSSR count). The lowest BCUT2D eigenvalue weighted by atomic mass is 10.2. The maximum Gasteiger partial charge on any atom is 0.488 e. The van der Waals surface area contributed by atoms with Crippen molar-refractivity contribution in [2.24, 2.45) is 5.90 Å². The molecule has 0 saturated carbocycles. The Hall–Kier alpha value is 0.0700. The topological polar surface area (TPSA) is 81.8 Å². The predicted molar refractivity (Wildman–Crippen MR) is 49.8 cm³/mol. The molecule has 80 valence electrons. The van der Waals surface area contributed by atoms with E-state index in [-0.39, 0.29) is 6.61 Å². The quantitative estimate of drug-likeness (QED) is 0.364. The minimum atomic E-state index is -3.95.